The maximum atomic E-state index is 12.5. The lowest BCUT2D eigenvalue weighted by atomic mass is 9.96. The maximum Gasteiger partial charge on any atom is 0.227 e. The Bertz CT molecular complexity index is 806. The molecule has 0 saturated carbocycles. The van der Waals surface area contributed by atoms with E-state index in [1.54, 1.807) is 4.90 Å². The normalized spacial score (nSPS) is 21.8. The van der Waals surface area contributed by atoms with E-state index in [-0.39, 0.29) is 30.1 Å². The van der Waals surface area contributed by atoms with Crippen LogP contribution in [0.4, 0.5) is 5.69 Å². The molecule has 0 aromatic heterocycles. The van der Waals surface area contributed by atoms with Crippen molar-refractivity contribution in [3.8, 4) is 5.75 Å². The molecule has 5 nitrogen and oxygen atoms in total. The van der Waals surface area contributed by atoms with Crippen molar-refractivity contribution in [1.82, 2.24) is 5.32 Å². The van der Waals surface area contributed by atoms with Gasteiger partial charge in [0, 0.05) is 31.1 Å². The highest BCUT2D eigenvalue weighted by Gasteiger charge is 2.35. The number of hydrogen-bond donors (Lipinski definition) is 1. The first-order chi connectivity index (χ1) is 12.7. The van der Waals surface area contributed by atoms with E-state index in [4.69, 9.17) is 4.74 Å². The minimum Gasteiger partial charge on any atom is -0.493 e. The fourth-order valence-electron chi connectivity index (χ4n) is 3.65. The number of nitrogens with zero attached hydrogens (tertiary/aromatic N) is 1. The van der Waals surface area contributed by atoms with E-state index in [2.05, 4.69) is 11.4 Å². The van der Waals surface area contributed by atoms with Crippen molar-refractivity contribution in [2.24, 2.45) is 11.8 Å². The predicted molar refractivity (Wildman–Crippen MR) is 99.0 cm³/mol. The molecular formula is C21H22N2O3. The van der Waals surface area contributed by atoms with E-state index in [9.17, 15) is 9.59 Å². The summed E-state index contributed by atoms with van der Waals surface area (Å²) in [5.74, 6) is 0.868. The molecule has 1 N–H and O–H groups in total. The number of anilines is 1. The standard InChI is InChI=1S/C21H22N2O3/c24-20-11-17(13-23(20)18-7-2-1-3-8-18)21(25)22-12-15-10-16-6-4-5-9-19(16)26-14-15/h1-9,15,17H,10-14H2,(H,22,25). The van der Waals surface area contributed by atoms with Crippen LogP contribution in [0.3, 0.4) is 0 Å². The molecule has 1 fully saturated rings. The summed E-state index contributed by atoms with van der Waals surface area (Å²) in [6, 6.07) is 17.5. The van der Waals surface area contributed by atoms with Crippen LogP contribution in [-0.4, -0.2) is 31.5 Å². The van der Waals surface area contributed by atoms with E-state index < -0.39 is 0 Å². The Morgan fingerprint density at radius 1 is 1.08 bits per heavy atom. The second-order valence-corrected chi connectivity index (χ2v) is 6.97. The van der Waals surface area contributed by atoms with Crippen molar-refractivity contribution in [2.75, 3.05) is 24.6 Å². The van der Waals surface area contributed by atoms with Crippen LogP contribution in [-0.2, 0) is 16.0 Å². The zero-order valence-corrected chi connectivity index (χ0v) is 14.6. The summed E-state index contributed by atoms with van der Waals surface area (Å²) < 4.78 is 5.77. The van der Waals surface area contributed by atoms with E-state index in [0.29, 0.717) is 19.7 Å². The molecule has 26 heavy (non-hydrogen) atoms. The summed E-state index contributed by atoms with van der Waals surface area (Å²) in [7, 11) is 0. The van der Waals surface area contributed by atoms with Gasteiger partial charge in [-0.05, 0) is 30.2 Å². The summed E-state index contributed by atoms with van der Waals surface area (Å²) in [6.07, 6.45) is 1.17. The molecule has 0 radical (unpaired) electrons. The van der Waals surface area contributed by atoms with Crippen molar-refractivity contribution in [1.29, 1.82) is 0 Å². The van der Waals surface area contributed by atoms with Gasteiger partial charge in [0.25, 0.3) is 0 Å². The summed E-state index contributed by atoms with van der Waals surface area (Å²) in [4.78, 5) is 26.5. The molecule has 0 aliphatic carbocycles. The zero-order chi connectivity index (χ0) is 17.9. The third-order valence-electron chi connectivity index (χ3n) is 5.08. The van der Waals surface area contributed by atoms with Crippen LogP contribution in [0, 0.1) is 11.8 Å². The number of hydrogen-bond acceptors (Lipinski definition) is 3. The van der Waals surface area contributed by atoms with E-state index in [0.717, 1.165) is 17.9 Å². The van der Waals surface area contributed by atoms with Crippen LogP contribution in [0.1, 0.15) is 12.0 Å². The minimum absolute atomic E-state index is 0.00581. The molecule has 2 aromatic carbocycles. The van der Waals surface area contributed by atoms with Crippen LogP contribution in [0.15, 0.2) is 54.6 Å². The number of carbonyl (C=O) groups excluding carboxylic acids is 2. The second-order valence-electron chi connectivity index (χ2n) is 6.97. The van der Waals surface area contributed by atoms with Crippen molar-refractivity contribution in [3.63, 3.8) is 0 Å². The van der Waals surface area contributed by atoms with Gasteiger partial charge in [-0.2, -0.15) is 0 Å². The third-order valence-corrected chi connectivity index (χ3v) is 5.08. The molecule has 5 heteroatoms. The highest BCUT2D eigenvalue weighted by molar-refractivity contribution is 6.00. The summed E-state index contributed by atoms with van der Waals surface area (Å²) in [5.41, 5.74) is 2.04. The van der Waals surface area contributed by atoms with Gasteiger partial charge in [0.1, 0.15) is 5.75 Å². The minimum atomic E-state index is -0.292. The van der Waals surface area contributed by atoms with Gasteiger partial charge in [-0.25, -0.2) is 0 Å². The Balaban J connectivity index is 1.31. The van der Waals surface area contributed by atoms with Gasteiger partial charge in [0.05, 0.1) is 12.5 Å². The van der Waals surface area contributed by atoms with Crippen molar-refractivity contribution >= 4 is 17.5 Å². The summed E-state index contributed by atoms with van der Waals surface area (Å²) in [6.45, 7) is 1.62. The smallest absolute Gasteiger partial charge is 0.227 e. The van der Waals surface area contributed by atoms with Crippen LogP contribution in [0.5, 0.6) is 5.75 Å². The first-order valence-electron chi connectivity index (χ1n) is 9.04. The molecule has 0 bridgehead atoms. The number of nitrogens with one attached hydrogen (secondary N) is 1. The first-order valence-corrected chi connectivity index (χ1v) is 9.04. The monoisotopic (exact) mass is 350 g/mol. The molecular weight excluding hydrogens is 328 g/mol. The SMILES string of the molecule is O=C(NCC1COc2ccccc2C1)C1CC(=O)N(c2ccccc2)C1. The Hall–Kier alpha value is -2.82. The molecule has 2 amide bonds. The van der Waals surface area contributed by atoms with Gasteiger partial charge in [-0.3, -0.25) is 9.59 Å². The molecule has 4 rings (SSSR count). The van der Waals surface area contributed by atoms with Crippen LogP contribution in [0.2, 0.25) is 0 Å². The number of carbonyl (C=O) groups is 2. The number of amides is 2. The van der Waals surface area contributed by atoms with Crippen molar-refractivity contribution < 1.29 is 14.3 Å². The molecule has 0 spiro atoms. The quantitative estimate of drug-likeness (QED) is 0.921. The average molecular weight is 350 g/mol. The molecule has 2 unspecified atom stereocenters. The Morgan fingerprint density at radius 2 is 1.85 bits per heavy atom. The van der Waals surface area contributed by atoms with Crippen molar-refractivity contribution in [2.45, 2.75) is 12.8 Å². The predicted octanol–water partition coefficient (Wildman–Crippen LogP) is 2.41. The van der Waals surface area contributed by atoms with E-state index in [1.807, 2.05) is 48.5 Å². The van der Waals surface area contributed by atoms with Crippen LogP contribution >= 0.6 is 0 Å². The molecule has 2 atom stereocenters. The average Bonchev–Trinajstić information content (AvgIpc) is 3.08. The number of ether oxygens (including phenoxy) is 1. The molecule has 2 aliphatic heterocycles. The fourth-order valence-corrected chi connectivity index (χ4v) is 3.65. The van der Waals surface area contributed by atoms with Gasteiger partial charge in [-0.15, -0.1) is 0 Å². The molecule has 134 valence electrons. The van der Waals surface area contributed by atoms with Gasteiger partial charge in [0.15, 0.2) is 0 Å². The zero-order valence-electron chi connectivity index (χ0n) is 14.6. The molecule has 2 aliphatic rings. The van der Waals surface area contributed by atoms with Crippen molar-refractivity contribution in [3.05, 3.63) is 60.2 Å². The van der Waals surface area contributed by atoms with Crippen LogP contribution < -0.4 is 15.0 Å². The first kappa shape index (κ1) is 16.6. The molecule has 2 heterocycles. The van der Waals surface area contributed by atoms with E-state index in [1.165, 1.54) is 5.56 Å². The second kappa shape index (κ2) is 7.20. The molecule has 1 saturated heterocycles. The maximum absolute atomic E-state index is 12.5. The lowest BCUT2D eigenvalue weighted by molar-refractivity contribution is -0.126. The van der Waals surface area contributed by atoms with E-state index >= 15 is 0 Å². The largest absolute Gasteiger partial charge is 0.493 e. The third kappa shape index (κ3) is 3.43. The number of rotatable bonds is 4. The Morgan fingerprint density at radius 3 is 2.69 bits per heavy atom. The number of fused-ring (bicyclic) bond motifs is 1. The highest BCUT2D eigenvalue weighted by atomic mass is 16.5. The summed E-state index contributed by atoms with van der Waals surface area (Å²) >= 11 is 0. The van der Waals surface area contributed by atoms with Gasteiger partial charge in [-0.1, -0.05) is 36.4 Å². The van der Waals surface area contributed by atoms with Gasteiger partial charge in [0.2, 0.25) is 11.8 Å². The fraction of sp³-hybridized carbons (Fsp3) is 0.333. The van der Waals surface area contributed by atoms with Gasteiger partial charge >= 0.3 is 0 Å². The molecule has 2 aromatic rings. The number of benzene rings is 2. The lowest BCUT2D eigenvalue weighted by Gasteiger charge is -2.25. The number of para-hydroxylation sites is 2. The Labute approximate surface area is 153 Å². The summed E-state index contributed by atoms with van der Waals surface area (Å²) in [5, 5.41) is 3.02. The topological polar surface area (TPSA) is 58.6 Å². The Kier molecular flexibility index (Phi) is 4.61. The highest BCUT2D eigenvalue weighted by Crippen LogP contribution is 2.27. The van der Waals surface area contributed by atoms with Gasteiger partial charge < -0.3 is 15.0 Å². The van der Waals surface area contributed by atoms with Crippen LogP contribution in [0.25, 0.3) is 0 Å². The lowest BCUT2D eigenvalue weighted by Crippen LogP contribution is -2.38.